The van der Waals surface area contributed by atoms with Gasteiger partial charge in [0.15, 0.2) is 5.69 Å². The molecular formula is C7H3F3N4O2S. The molecule has 0 aliphatic heterocycles. The molecule has 2 aromatic heterocycles. The molecule has 0 spiro atoms. The number of alkyl halides is 3. The Morgan fingerprint density at radius 3 is 2.65 bits per heavy atom. The fourth-order valence-electron chi connectivity index (χ4n) is 1.12. The summed E-state index contributed by atoms with van der Waals surface area (Å²) in [6.45, 7) is 0. The maximum absolute atomic E-state index is 12.3. The molecular weight excluding hydrogens is 261 g/mol. The Morgan fingerprint density at radius 2 is 2.12 bits per heavy atom. The third-order valence-corrected chi connectivity index (χ3v) is 2.12. The Morgan fingerprint density at radius 1 is 1.47 bits per heavy atom. The van der Waals surface area contributed by atoms with E-state index in [-0.39, 0.29) is 4.64 Å². The number of halogens is 3. The van der Waals surface area contributed by atoms with Crippen molar-refractivity contribution in [1.29, 1.82) is 0 Å². The summed E-state index contributed by atoms with van der Waals surface area (Å²) in [5.41, 5.74) is -0.463. The van der Waals surface area contributed by atoms with E-state index in [1.54, 1.807) is 0 Å². The molecule has 0 aliphatic rings. The van der Waals surface area contributed by atoms with Crippen LogP contribution in [0.1, 0.15) is 16.3 Å². The predicted octanol–water partition coefficient (Wildman–Crippen LogP) is 1.50. The van der Waals surface area contributed by atoms with Crippen LogP contribution >= 0.6 is 12.2 Å². The predicted molar refractivity (Wildman–Crippen MR) is 50.1 cm³/mol. The molecule has 2 rings (SSSR count). The Hall–Kier alpha value is -1.97. The van der Waals surface area contributed by atoms with Gasteiger partial charge in [0, 0.05) is 6.07 Å². The van der Waals surface area contributed by atoms with E-state index in [4.69, 9.17) is 17.3 Å². The number of nitrogens with zero attached hydrogens (tertiary/aromatic N) is 3. The number of fused-ring (bicyclic) bond motifs is 1. The fourth-order valence-corrected chi connectivity index (χ4v) is 1.36. The van der Waals surface area contributed by atoms with Gasteiger partial charge in [0.05, 0.1) is 0 Å². The van der Waals surface area contributed by atoms with E-state index in [2.05, 4.69) is 9.97 Å². The van der Waals surface area contributed by atoms with Gasteiger partial charge in [0.2, 0.25) is 5.82 Å². The number of nitrogens with one attached hydrogen (secondary N) is 1. The van der Waals surface area contributed by atoms with Crippen molar-refractivity contribution in [3.8, 4) is 0 Å². The average molecular weight is 264 g/mol. The summed E-state index contributed by atoms with van der Waals surface area (Å²) in [5, 5.41) is 10.5. The molecule has 0 saturated heterocycles. The van der Waals surface area contributed by atoms with Crippen molar-refractivity contribution in [1.82, 2.24) is 19.6 Å². The van der Waals surface area contributed by atoms with Crippen molar-refractivity contribution in [3.05, 3.63) is 22.2 Å². The van der Waals surface area contributed by atoms with Crippen LogP contribution in [0.3, 0.4) is 0 Å². The first kappa shape index (κ1) is 11.5. The molecule has 0 fully saturated rings. The molecule has 6 nitrogen and oxygen atoms in total. The Balaban J connectivity index is 2.74. The van der Waals surface area contributed by atoms with Gasteiger partial charge in [-0.25, -0.2) is 14.3 Å². The summed E-state index contributed by atoms with van der Waals surface area (Å²) in [5.74, 6) is -3.13. The highest BCUT2D eigenvalue weighted by Gasteiger charge is 2.35. The molecule has 0 bridgehead atoms. The number of carboxylic acids is 1. The lowest BCUT2D eigenvalue weighted by Crippen LogP contribution is -2.07. The summed E-state index contributed by atoms with van der Waals surface area (Å²) >= 11 is 4.72. The highest BCUT2D eigenvalue weighted by molar-refractivity contribution is 7.71. The van der Waals surface area contributed by atoms with Crippen LogP contribution in [-0.4, -0.2) is 30.7 Å². The second-order valence-electron chi connectivity index (χ2n) is 2.99. The van der Waals surface area contributed by atoms with Crippen LogP contribution in [0.15, 0.2) is 6.07 Å². The second-order valence-corrected chi connectivity index (χ2v) is 3.41. The van der Waals surface area contributed by atoms with Crippen molar-refractivity contribution >= 4 is 24.0 Å². The molecule has 2 N–H and O–H groups in total. The Kier molecular flexibility index (Phi) is 2.38. The molecule has 0 unspecified atom stereocenters. The number of carbonyl (C=O) groups is 1. The van der Waals surface area contributed by atoms with Gasteiger partial charge in [-0.05, 0) is 0 Å². The van der Waals surface area contributed by atoms with E-state index in [9.17, 15) is 18.0 Å². The van der Waals surface area contributed by atoms with Crippen LogP contribution < -0.4 is 0 Å². The molecule has 0 amide bonds. The van der Waals surface area contributed by atoms with Crippen LogP contribution in [0.5, 0.6) is 0 Å². The van der Waals surface area contributed by atoms with Crippen LogP contribution in [0.2, 0.25) is 0 Å². The van der Waals surface area contributed by atoms with Gasteiger partial charge in [0.25, 0.3) is 5.78 Å². The number of H-pyrrole nitrogens is 1. The van der Waals surface area contributed by atoms with Gasteiger partial charge >= 0.3 is 12.1 Å². The summed E-state index contributed by atoms with van der Waals surface area (Å²) in [4.78, 5) is 17.2. The third-order valence-electron chi connectivity index (χ3n) is 1.82. The van der Waals surface area contributed by atoms with Gasteiger partial charge < -0.3 is 5.11 Å². The highest BCUT2D eigenvalue weighted by Crippen LogP contribution is 2.26. The summed E-state index contributed by atoms with van der Waals surface area (Å²) in [6.07, 6.45) is -4.68. The zero-order chi connectivity index (χ0) is 12.8. The molecule has 0 saturated carbocycles. The smallest absolute Gasteiger partial charge is 0.451 e. The van der Waals surface area contributed by atoms with Gasteiger partial charge in [-0.3, -0.25) is 5.10 Å². The standard InChI is InChI=1S/C7H3F3N4O2S/c8-7(9,10)5-12-6-11-2(4(15)16)1-3(17)14(6)13-5/h1H,(H,15,16)(H,11,12,13). The number of aromatic nitrogens is 4. The molecule has 10 heteroatoms. The van der Waals surface area contributed by atoms with E-state index in [1.165, 1.54) is 0 Å². The number of carboxylic acid groups (broad SMARTS) is 1. The Labute approximate surface area is 95.7 Å². The number of hydrogen-bond donors (Lipinski definition) is 2. The maximum Gasteiger partial charge on any atom is 0.451 e. The first-order valence-corrected chi connectivity index (χ1v) is 4.50. The van der Waals surface area contributed by atoms with Gasteiger partial charge in [-0.15, -0.1) is 0 Å². The number of hydrogen-bond acceptors (Lipinski definition) is 4. The molecule has 2 aromatic rings. The van der Waals surface area contributed by atoms with E-state index in [1.807, 2.05) is 5.10 Å². The lowest BCUT2D eigenvalue weighted by atomic mass is 10.4. The van der Waals surface area contributed by atoms with E-state index < -0.39 is 29.4 Å². The molecule has 0 atom stereocenters. The minimum atomic E-state index is -4.68. The van der Waals surface area contributed by atoms with Gasteiger partial charge in [0.1, 0.15) is 4.64 Å². The second kappa shape index (κ2) is 3.52. The maximum atomic E-state index is 12.3. The minimum Gasteiger partial charge on any atom is -0.477 e. The normalized spacial score (nSPS) is 11.9. The lowest BCUT2D eigenvalue weighted by molar-refractivity contribution is -0.144. The van der Waals surface area contributed by atoms with Crippen molar-refractivity contribution in [2.75, 3.05) is 0 Å². The van der Waals surface area contributed by atoms with Crippen molar-refractivity contribution in [2.45, 2.75) is 6.18 Å². The monoisotopic (exact) mass is 264 g/mol. The zero-order valence-corrected chi connectivity index (χ0v) is 8.63. The first-order chi connectivity index (χ1) is 7.79. The topological polar surface area (TPSA) is 83.3 Å². The summed E-state index contributed by atoms with van der Waals surface area (Å²) in [6, 6.07) is 0.961. The largest absolute Gasteiger partial charge is 0.477 e. The van der Waals surface area contributed by atoms with E-state index >= 15 is 0 Å². The van der Waals surface area contributed by atoms with Crippen LogP contribution in [-0.2, 0) is 6.18 Å². The summed E-state index contributed by atoms with van der Waals surface area (Å²) in [7, 11) is 0. The van der Waals surface area contributed by atoms with E-state index in [0.29, 0.717) is 0 Å². The molecule has 0 aliphatic carbocycles. The van der Waals surface area contributed by atoms with Crippen LogP contribution in [0.4, 0.5) is 13.2 Å². The quantitative estimate of drug-likeness (QED) is 0.763. The molecule has 0 aromatic carbocycles. The average Bonchev–Trinajstić information content (AvgIpc) is 2.60. The van der Waals surface area contributed by atoms with Gasteiger partial charge in [-0.1, -0.05) is 12.2 Å². The lowest BCUT2D eigenvalue weighted by Gasteiger charge is -1.98. The third kappa shape index (κ3) is 1.98. The number of aromatic amines is 1. The fraction of sp³-hybridized carbons (Fsp3) is 0.143. The first-order valence-electron chi connectivity index (χ1n) is 4.09. The highest BCUT2D eigenvalue weighted by atomic mass is 32.1. The molecule has 0 radical (unpaired) electrons. The molecule has 2 heterocycles. The van der Waals surface area contributed by atoms with E-state index in [0.717, 1.165) is 10.6 Å². The molecule has 17 heavy (non-hydrogen) atoms. The van der Waals surface area contributed by atoms with Crippen molar-refractivity contribution < 1.29 is 23.1 Å². The SMILES string of the molecule is O=C(O)c1cc(=S)n2[nH]c(C(F)(F)F)nc2n1. The van der Waals surface area contributed by atoms with Crippen molar-refractivity contribution in [2.24, 2.45) is 0 Å². The summed E-state index contributed by atoms with van der Waals surface area (Å²) < 4.78 is 37.6. The van der Waals surface area contributed by atoms with Gasteiger partial charge in [-0.2, -0.15) is 18.2 Å². The van der Waals surface area contributed by atoms with Crippen molar-refractivity contribution in [3.63, 3.8) is 0 Å². The Bertz CT molecular complexity index is 659. The number of aromatic carboxylic acids is 1. The van der Waals surface area contributed by atoms with Crippen LogP contribution in [0.25, 0.3) is 5.78 Å². The van der Waals surface area contributed by atoms with Crippen LogP contribution in [0, 0.1) is 4.64 Å². The number of rotatable bonds is 1. The minimum absolute atomic E-state index is 0.157. The molecule has 90 valence electrons. The zero-order valence-electron chi connectivity index (χ0n) is 7.82.